The van der Waals surface area contributed by atoms with Crippen molar-refractivity contribution >= 4 is 11.6 Å². The fraction of sp³-hybridized carbons (Fsp3) is 0.200. The molecule has 2 aromatic carbocycles. The predicted molar refractivity (Wildman–Crippen MR) is 75.3 cm³/mol. The average Bonchev–Trinajstić information content (AvgIpc) is 2.44. The van der Waals surface area contributed by atoms with Crippen LogP contribution in [0.3, 0.4) is 0 Å². The van der Waals surface area contributed by atoms with Gasteiger partial charge >= 0.3 is 0 Å². The minimum Gasteiger partial charge on any atom is -0.496 e. The standard InChI is InChI=1S/C15H14ClF2NO/c1-19-15(11-8-10(17)4-5-13(11)18)12-7-9(16)3-6-14(12)20-2/h3-8,15,19H,1-2H3. The largest absolute Gasteiger partial charge is 0.496 e. The molecule has 0 aliphatic heterocycles. The monoisotopic (exact) mass is 297 g/mol. The van der Waals surface area contributed by atoms with Gasteiger partial charge in [0.25, 0.3) is 0 Å². The quantitative estimate of drug-likeness (QED) is 0.923. The van der Waals surface area contributed by atoms with Crippen LogP contribution in [0.4, 0.5) is 8.78 Å². The van der Waals surface area contributed by atoms with Gasteiger partial charge in [-0.3, -0.25) is 0 Å². The lowest BCUT2D eigenvalue weighted by atomic mass is 9.97. The summed E-state index contributed by atoms with van der Waals surface area (Å²) in [4.78, 5) is 0. The first-order chi connectivity index (χ1) is 9.56. The van der Waals surface area contributed by atoms with Gasteiger partial charge in [0.15, 0.2) is 0 Å². The molecule has 1 unspecified atom stereocenters. The molecule has 0 radical (unpaired) electrons. The molecule has 0 saturated heterocycles. The molecule has 0 heterocycles. The molecule has 0 amide bonds. The van der Waals surface area contributed by atoms with Crippen LogP contribution in [0, 0.1) is 11.6 Å². The van der Waals surface area contributed by atoms with Crippen molar-refractivity contribution in [3.63, 3.8) is 0 Å². The highest BCUT2D eigenvalue weighted by atomic mass is 35.5. The van der Waals surface area contributed by atoms with E-state index < -0.39 is 17.7 Å². The van der Waals surface area contributed by atoms with Gasteiger partial charge in [-0.25, -0.2) is 8.78 Å². The van der Waals surface area contributed by atoms with Crippen LogP contribution in [-0.4, -0.2) is 14.2 Å². The fourth-order valence-electron chi connectivity index (χ4n) is 2.15. The maximum absolute atomic E-state index is 13.9. The van der Waals surface area contributed by atoms with Crippen molar-refractivity contribution in [3.05, 3.63) is 64.2 Å². The van der Waals surface area contributed by atoms with Gasteiger partial charge in [-0.1, -0.05) is 11.6 Å². The molecule has 0 saturated carbocycles. The Morgan fingerprint density at radius 2 is 1.85 bits per heavy atom. The summed E-state index contributed by atoms with van der Waals surface area (Å²) in [7, 11) is 3.18. The minimum atomic E-state index is -0.556. The topological polar surface area (TPSA) is 21.3 Å². The first kappa shape index (κ1) is 14.8. The Morgan fingerprint density at radius 3 is 2.50 bits per heavy atom. The second-order valence-corrected chi connectivity index (χ2v) is 4.71. The molecule has 5 heteroatoms. The van der Waals surface area contributed by atoms with Gasteiger partial charge in [0.05, 0.1) is 13.2 Å². The highest BCUT2D eigenvalue weighted by Crippen LogP contribution is 2.33. The zero-order chi connectivity index (χ0) is 14.7. The van der Waals surface area contributed by atoms with Crippen molar-refractivity contribution in [2.45, 2.75) is 6.04 Å². The van der Waals surface area contributed by atoms with Crippen LogP contribution >= 0.6 is 11.6 Å². The molecule has 2 rings (SSSR count). The summed E-state index contributed by atoms with van der Waals surface area (Å²) in [5.41, 5.74) is 0.847. The Morgan fingerprint density at radius 1 is 1.10 bits per heavy atom. The van der Waals surface area contributed by atoms with Gasteiger partial charge in [0.1, 0.15) is 17.4 Å². The summed E-state index contributed by atoms with van der Waals surface area (Å²) < 4.78 is 32.6. The highest BCUT2D eigenvalue weighted by molar-refractivity contribution is 6.30. The van der Waals surface area contributed by atoms with Crippen LogP contribution < -0.4 is 10.1 Å². The fourth-order valence-corrected chi connectivity index (χ4v) is 2.33. The first-order valence-corrected chi connectivity index (χ1v) is 6.40. The molecule has 106 valence electrons. The number of hydrogen-bond acceptors (Lipinski definition) is 2. The van der Waals surface area contributed by atoms with Gasteiger partial charge in [0, 0.05) is 16.1 Å². The molecule has 0 aromatic heterocycles. The number of methoxy groups -OCH3 is 1. The average molecular weight is 298 g/mol. The van der Waals surface area contributed by atoms with Crippen LogP contribution in [0.25, 0.3) is 0 Å². The third kappa shape index (κ3) is 2.92. The molecule has 0 bridgehead atoms. The second kappa shape index (κ2) is 6.20. The van der Waals surface area contributed by atoms with Crippen LogP contribution in [0.15, 0.2) is 36.4 Å². The third-order valence-corrected chi connectivity index (χ3v) is 3.30. The van der Waals surface area contributed by atoms with Crippen molar-refractivity contribution in [1.29, 1.82) is 0 Å². The maximum atomic E-state index is 13.9. The van der Waals surface area contributed by atoms with E-state index in [1.807, 2.05) is 0 Å². The molecule has 0 fully saturated rings. The number of benzene rings is 2. The molecule has 0 aliphatic rings. The van der Waals surface area contributed by atoms with E-state index in [2.05, 4.69) is 5.32 Å². The predicted octanol–water partition coefficient (Wildman–Crippen LogP) is 3.94. The van der Waals surface area contributed by atoms with E-state index in [-0.39, 0.29) is 5.56 Å². The van der Waals surface area contributed by atoms with E-state index in [0.717, 1.165) is 18.2 Å². The number of ether oxygens (including phenoxy) is 1. The Bertz CT molecular complexity index is 619. The van der Waals surface area contributed by atoms with E-state index >= 15 is 0 Å². The molecular formula is C15H14ClF2NO. The lowest BCUT2D eigenvalue weighted by molar-refractivity contribution is 0.404. The molecule has 2 nitrogen and oxygen atoms in total. The zero-order valence-corrected chi connectivity index (χ0v) is 11.8. The van der Waals surface area contributed by atoms with Crippen LogP contribution in [0.1, 0.15) is 17.2 Å². The Balaban J connectivity index is 2.57. The normalized spacial score (nSPS) is 12.2. The summed E-state index contributed by atoms with van der Waals surface area (Å²) in [6, 6.07) is 7.84. The van der Waals surface area contributed by atoms with Gasteiger partial charge in [0.2, 0.25) is 0 Å². The van der Waals surface area contributed by atoms with Crippen molar-refractivity contribution < 1.29 is 13.5 Å². The third-order valence-electron chi connectivity index (χ3n) is 3.06. The summed E-state index contributed by atoms with van der Waals surface area (Å²) >= 11 is 5.98. The summed E-state index contributed by atoms with van der Waals surface area (Å²) in [5, 5.41) is 3.46. The van der Waals surface area contributed by atoms with E-state index in [4.69, 9.17) is 16.3 Å². The Labute approximate surface area is 121 Å². The zero-order valence-electron chi connectivity index (χ0n) is 11.1. The second-order valence-electron chi connectivity index (χ2n) is 4.27. The van der Waals surface area contributed by atoms with E-state index in [0.29, 0.717) is 16.3 Å². The summed E-state index contributed by atoms with van der Waals surface area (Å²) in [6.07, 6.45) is 0. The molecular weight excluding hydrogens is 284 g/mol. The van der Waals surface area contributed by atoms with Crippen molar-refractivity contribution in [1.82, 2.24) is 5.32 Å². The molecule has 1 N–H and O–H groups in total. The highest BCUT2D eigenvalue weighted by Gasteiger charge is 2.20. The van der Waals surface area contributed by atoms with Crippen molar-refractivity contribution in [2.24, 2.45) is 0 Å². The Hall–Kier alpha value is -1.65. The molecule has 20 heavy (non-hydrogen) atoms. The van der Waals surface area contributed by atoms with E-state index in [1.54, 1.807) is 25.2 Å². The number of hydrogen-bond donors (Lipinski definition) is 1. The molecule has 0 spiro atoms. The lowest BCUT2D eigenvalue weighted by Crippen LogP contribution is -2.20. The van der Waals surface area contributed by atoms with E-state index in [1.165, 1.54) is 7.11 Å². The SMILES string of the molecule is CNC(c1cc(F)ccc1F)c1cc(Cl)ccc1OC. The van der Waals surface area contributed by atoms with Gasteiger partial charge in [-0.05, 0) is 43.4 Å². The molecule has 0 aliphatic carbocycles. The van der Waals surface area contributed by atoms with Gasteiger partial charge < -0.3 is 10.1 Å². The summed E-state index contributed by atoms with van der Waals surface area (Å²) in [5.74, 6) is -0.437. The number of nitrogens with one attached hydrogen (secondary N) is 1. The van der Waals surface area contributed by atoms with Crippen LogP contribution in [0.5, 0.6) is 5.75 Å². The molecule has 2 aromatic rings. The lowest BCUT2D eigenvalue weighted by Gasteiger charge is -2.20. The Kier molecular flexibility index (Phi) is 4.57. The van der Waals surface area contributed by atoms with Crippen molar-refractivity contribution in [2.75, 3.05) is 14.2 Å². The van der Waals surface area contributed by atoms with Gasteiger partial charge in [-0.2, -0.15) is 0 Å². The minimum absolute atomic E-state index is 0.202. The van der Waals surface area contributed by atoms with Crippen LogP contribution in [-0.2, 0) is 0 Å². The van der Waals surface area contributed by atoms with Crippen molar-refractivity contribution in [3.8, 4) is 5.75 Å². The van der Waals surface area contributed by atoms with Crippen LogP contribution in [0.2, 0.25) is 5.02 Å². The number of halogens is 3. The van der Waals surface area contributed by atoms with E-state index in [9.17, 15) is 8.78 Å². The number of rotatable bonds is 4. The summed E-state index contributed by atoms with van der Waals surface area (Å²) in [6.45, 7) is 0. The molecule has 1 atom stereocenters. The first-order valence-electron chi connectivity index (χ1n) is 6.02. The smallest absolute Gasteiger partial charge is 0.128 e. The van der Waals surface area contributed by atoms with Gasteiger partial charge in [-0.15, -0.1) is 0 Å². The maximum Gasteiger partial charge on any atom is 0.128 e.